The van der Waals surface area contributed by atoms with Crippen LogP contribution in [0.4, 0.5) is 0 Å². The molecule has 14 aromatic carbocycles. The summed E-state index contributed by atoms with van der Waals surface area (Å²) in [5.41, 5.74) is 12.4. The van der Waals surface area contributed by atoms with E-state index in [9.17, 15) is 0 Å². The highest BCUT2D eigenvalue weighted by Crippen LogP contribution is 2.46. The first-order valence-corrected chi connectivity index (χ1v) is 27.8. The molecular weight excluding hydrogens is 1150 g/mol. The van der Waals surface area contributed by atoms with E-state index < -0.39 is 0 Å². The summed E-state index contributed by atoms with van der Waals surface area (Å²) in [7, 11) is 0. The molecule has 0 atom stereocenters. The summed E-state index contributed by atoms with van der Waals surface area (Å²) in [5.74, 6) is 0. The van der Waals surface area contributed by atoms with Gasteiger partial charge in [-0.2, -0.15) is 0 Å². The van der Waals surface area contributed by atoms with Gasteiger partial charge in [-0.3, -0.25) is 0 Å². The molecule has 0 heterocycles. The van der Waals surface area contributed by atoms with Crippen molar-refractivity contribution in [2.45, 2.75) is 0 Å². The van der Waals surface area contributed by atoms with E-state index in [0.717, 1.165) is 8.95 Å². The number of rotatable bonds is 5. The largest absolute Gasteiger partial charge is 0.0616 e. The summed E-state index contributed by atoms with van der Waals surface area (Å²) in [6.07, 6.45) is 0. The van der Waals surface area contributed by atoms with E-state index >= 15 is 0 Å². The summed E-state index contributed by atoms with van der Waals surface area (Å²) in [5, 5.41) is 15.2. The Balaban J connectivity index is 0.000000186. The highest BCUT2D eigenvalue weighted by molar-refractivity contribution is 14.1. The van der Waals surface area contributed by atoms with Gasteiger partial charge in [0.1, 0.15) is 0 Å². The molecule has 0 saturated carbocycles. The van der Waals surface area contributed by atoms with Crippen molar-refractivity contribution in [3.05, 3.63) is 298 Å². The fourth-order valence-corrected chi connectivity index (χ4v) is 11.2. The molecule has 14 aromatic rings. The van der Waals surface area contributed by atoms with Crippen LogP contribution in [0.3, 0.4) is 0 Å². The minimum atomic E-state index is 1.11. The third-order valence-corrected chi connectivity index (χ3v) is 15.9. The zero-order valence-electron chi connectivity index (χ0n) is 40.8. The fourth-order valence-electron chi connectivity index (χ4n) is 10.3. The minimum absolute atomic E-state index is 1.11. The zero-order valence-corrected chi connectivity index (χ0v) is 46.1. The molecule has 0 saturated heterocycles. The lowest BCUT2D eigenvalue weighted by atomic mass is 9.84. The number of hydrogen-bond donors (Lipinski definition) is 0. The number of hydrogen-bond acceptors (Lipinski definition) is 0. The Hall–Kier alpha value is -7.67. The highest BCUT2D eigenvalue weighted by Gasteiger charge is 2.18. The van der Waals surface area contributed by atoms with E-state index in [4.69, 9.17) is 0 Å². The van der Waals surface area contributed by atoms with Gasteiger partial charge < -0.3 is 0 Å². The van der Waals surface area contributed by atoms with Crippen LogP contribution in [-0.4, -0.2) is 0 Å². The molecule has 0 aromatic heterocycles. The topological polar surface area (TPSA) is 0 Å². The summed E-state index contributed by atoms with van der Waals surface area (Å²) in [6, 6.07) is 103. The van der Waals surface area contributed by atoms with Crippen molar-refractivity contribution in [2.24, 2.45) is 0 Å². The molecule has 0 radical (unpaired) electrons. The first-order chi connectivity index (χ1) is 36.9. The normalized spacial score (nSPS) is 11.1. The third-order valence-electron chi connectivity index (χ3n) is 14.1. The first kappa shape index (κ1) is 48.3. The molecule has 0 bridgehead atoms. The van der Waals surface area contributed by atoms with E-state index in [1.54, 1.807) is 0 Å². The van der Waals surface area contributed by atoms with Gasteiger partial charge in [-0.1, -0.05) is 250 Å². The molecule has 356 valence electrons. The van der Waals surface area contributed by atoms with Crippen LogP contribution >= 0.6 is 54.5 Å². The number of benzene rings is 14. The third kappa shape index (κ3) is 10.4. The summed E-state index contributed by atoms with van der Waals surface area (Å²) < 4.78 is 3.52. The Morgan fingerprint density at radius 2 is 0.467 bits per heavy atom. The van der Waals surface area contributed by atoms with Crippen LogP contribution in [-0.2, 0) is 0 Å². The standard InChI is InChI=1S/C50H32.C16H11Br.C6H4BrI/c1-4-12-38-29-41(24-21-33(38)9-1)36-17-19-37(20-18-36)42-27-28-47-48(32-42)50(44-26-23-35-11-3-6-14-40(35)31-44)46-16-8-7-15-45(46)49(47)43-25-22-34-10-2-5-13-39(34)30-43;17-16-9-7-13(8-10-16)15-6-5-12-3-1-2-4-14(12)11-15;7-5-1-3-6(8)4-2-5/h1-32H;1-11H;1-4H. The van der Waals surface area contributed by atoms with Gasteiger partial charge in [0.2, 0.25) is 0 Å². The second-order valence-electron chi connectivity index (χ2n) is 18.8. The van der Waals surface area contributed by atoms with Crippen LogP contribution in [0.25, 0.3) is 120 Å². The molecule has 0 nitrogen and oxygen atoms in total. The van der Waals surface area contributed by atoms with E-state index in [1.165, 1.54) is 124 Å². The Labute approximate surface area is 468 Å². The maximum atomic E-state index is 3.46. The summed E-state index contributed by atoms with van der Waals surface area (Å²) >= 11 is 9.08. The van der Waals surface area contributed by atoms with Crippen molar-refractivity contribution in [3.63, 3.8) is 0 Å². The van der Waals surface area contributed by atoms with Gasteiger partial charge in [-0.15, -0.1) is 0 Å². The Kier molecular flexibility index (Phi) is 13.9. The average molecular weight is 1200 g/mol. The highest BCUT2D eigenvalue weighted by atomic mass is 127. The van der Waals surface area contributed by atoms with E-state index in [0.29, 0.717) is 0 Å². The van der Waals surface area contributed by atoms with Crippen molar-refractivity contribution < 1.29 is 0 Å². The van der Waals surface area contributed by atoms with E-state index in [2.05, 4.69) is 327 Å². The van der Waals surface area contributed by atoms with Crippen LogP contribution in [0.15, 0.2) is 294 Å². The minimum Gasteiger partial charge on any atom is -0.0616 e. The van der Waals surface area contributed by atoms with Gasteiger partial charge in [0.15, 0.2) is 0 Å². The zero-order chi connectivity index (χ0) is 50.7. The summed E-state index contributed by atoms with van der Waals surface area (Å²) in [4.78, 5) is 0. The molecule has 0 fully saturated rings. The van der Waals surface area contributed by atoms with Crippen molar-refractivity contribution in [1.82, 2.24) is 0 Å². The molecule has 0 N–H and O–H groups in total. The predicted molar refractivity (Wildman–Crippen MR) is 340 cm³/mol. The Bertz CT molecular complexity index is 4350. The van der Waals surface area contributed by atoms with E-state index in [1.807, 2.05) is 12.1 Å². The van der Waals surface area contributed by atoms with Crippen molar-refractivity contribution in [1.29, 1.82) is 0 Å². The van der Waals surface area contributed by atoms with E-state index in [-0.39, 0.29) is 0 Å². The SMILES string of the molecule is Brc1ccc(-c2ccc3ccccc3c2)cc1.Brc1ccc(I)cc1.c1ccc2cc(-c3ccc(-c4ccc5c(-c6ccc7ccccc7c6)c6ccccc6c(-c6ccc7ccccc7c6)c5c4)cc3)ccc2c1. The van der Waals surface area contributed by atoms with Gasteiger partial charge in [-0.05, 0) is 210 Å². The Morgan fingerprint density at radius 1 is 0.200 bits per heavy atom. The number of halogens is 3. The maximum Gasteiger partial charge on any atom is 0.0175 e. The molecule has 75 heavy (non-hydrogen) atoms. The first-order valence-electron chi connectivity index (χ1n) is 25.1. The van der Waals surface area contributed by atoms with Gasteiger partial charge in [-0.25, -0.2) is 0 Å². The lowest BCUT2D eigenvalue weighted by Crippen LogP contribution is -1.92. The molecule has 0 aliphatic heterocycles. The van der Waals surface area contributed by atoms with Crippen molar-refractivity contribution >= 4 is 119 Å². The molecule has 0 amide bonds. The molecule has 14 rings (SSSR count). The van der Waals surface area contributed by atoms with Crippen LogP contribution in [0.2, 0.25) is 0 Å². The van der Waals surface area contributed by atoms with Crippen molar-refractivity contribution in [2.75, 3.05) is 0 Å². The van der Waals surface area contributed by atoms with Crippen LogP contribution < -0.4 is 0 Å². The molecule has 3 heteroatoms. The van der Waals surface area contributed by atoms with Gasteiger partial charge in [0.25, 0.3) is 0 Å². The maximum absolute atomic E-state index is 3.46. The number of fused-ring (bicyclic) bond motifs is 6. The second-order valence-corrected chi connectivity index (χ2v) is 21.9. The second kappa shape index (κ2) is 21.7. The molecule has 0 spiro atoms. The monoisotopic (exact) mass is 1200 g/mol. The fraction of sp³-hybridized carbons (Fsp3) is 0. The van der Waals surface area contributed by atoms with Gasteiger partial charge >= 0.3 is 0 Å². The molecule has 0 unspecified atom stereocenters. The van der Waals surface area contributed by atoms with Gasteiger partial charge in [0, 0.05) is 12.5 Å². The predicted octanol–water partition coefficient (Wildman–Crippen LogP) is 22.4. The van der Waals surface area contributed by atoms with Gasteiger partial charge in [0.05, 0.1) is 0 Å². The lowest BCUT2D eigenvalue weighted by molar-refractivity contribution is 1.60. The molecule has 0 aliphatic carbocycles. The molecule has 0 aliphatic rings. The quantitative estimate of drug-likeness (QED) is 0.119. The van der Waals surface area contributed by atoms with Crippen LogP contribution in [0.1, 0.15) is 0 Å². The smallest absolute Gasteiger partial charge is 0.0175 e. The summed E-state index contributed by atoms with van der Waals surface area (Å²) in [6.45, 7) is 0. The van der Waals surface area contributed by atoms with Crippen LogP contribution in [0.5, 0.6) is 0 Å². The Morgan fingerprint density at radius 3 is 0.867 bits per heavy atom. The lowest BCUT2D eigenvalue weighted by Gasteiger charge is -2.19. The van der Waals surface area contributed by atoms with Crippen molar-refractivity contribution in [3.8, 4) is 55.6 Å². The van der Waals surface area contributed by atoms with Crippen LogP contribution in [0, 0.1) is 3.57 Å². The molecular formula is C72H47Br2I. The average Bonchev–Trinajstić information content (AvgIpc) is 3.50.